The highest BCUT2D eigenvalue weighted by Crippen LogP contribution is 2.27. The van der Waals surface area contributed by atoms with Crippen LogP contribution in [0.2, 0.25) is 0 Å². The van der Waals surface area contributed by atoms with Crippen LogP contribution in [0.5, 0.6) is 0 Å². The van der Waals surface area contributed by atoms with Crippen LogP contribution in [-0.2, 0) is 0 Å². The fourth-order valence-electron chi connectivity index (χ4n) is 3.17. The first-order chi connectivity index (χ1) is 11.7. The Morgan fingerprint density at radius 3 is 2.46 bits per heavy atom. The second-order valence-corrected chi connectivity index (χ2v) is 8.35. The first kappa shape index (κ1) is 17.4. The van der Waals surface area contributed by atoms with Crippen molar-refractivity contribution in [1.29, 1.82) is 0 Å². The maximum Gasteiger partial charge on any atom is 0.133 e. The van der Waals surface area contributed by atoms with Crippen molar-refractivity contribution in [1.82, 2.24) is 4.72 Å². The molecule has 1 saturated carbocycles. The minimum absolute atomic E-state index is 0.661. The molecule has 0 atom stereocenters. The van der Waals surface area contributed by atoms with E-state index in [1.165, 1.54) is 31.4 Å². The molecule has 0 unspecified atom stereocenters. The third-order valence-corrected chi connectivity index (χ3v) is 5.54. The van der Waals surface area contributed by atoms with Crippen molar-refractivity contribution in [2.24, 2.45) is 5.92 Å². The lowest BCUT2D eigenvalue weighted by Crippen LogP contribution is -2.31. The molecule has 1 aromatic carbocycles. The number of anilines is 1. The normalized spacial score (nSPS) is 21.1. The van der Waals surface area contributed by atoms with Gasteiger partial charge in [0, 0.05) is 29.1 Å². The summed E-state index contributed by atoms with van der Waals surface area (Å²) in [7, 11) is 0. The van der Waals surface area contributed by atoms with Gasteiger partial charge in [0.25, 0.3) is 0 Å². The number of benzene rings is 1. The number of hydrogen-bond donors (Lipinski definition) is 2. The summed E-state index contributed by atoms with van der Waals surface area (Å²) in [5.41, 5.74) is 2.32. The quantitative estimate of drug-likeness (QED) is 0.645. The Bertz CT molecular complexity index is 587. The standard InChI is InChI=1S/C20H28N2OS/c1-15(2)24-22-19-9-5-16(6-10-19)14-21-18-11-7-17(8-12-18)20-4-3-13-23-20/h3-4,7-8,11-13,15-16,19,21-22H,5-6,9-10,14H2,1-2H3. The van der Waals surface area contributed by atoms with Crippen molar-refractivity contribution in [3.05, 3.63) is 42.7 Å². The van der Waals surface area contributed by atoms with Crippen molar-refractivity contribution >= 4 is 17.6 Å². The van der Waals surface area contributed by atoms with E-state index in [9.17, 15) is 0 Å². The van der Waals surface area contributed by atoms with Crippen molar-refractivity contribution < 1.29 is 4.42 Å². The molecule has 1 heterocycles. The van der Waals surface area contributed by atoms with Crippen molar-refractivity contribution in [3.63, 3.8) is 0 Å². The van der Waals surface area contributed by atoms with E-state index in [-0.39, 0.29) is 0 Å². The third kappa shape index (κ3) is 5.05. The Labute approximate surface area is 149 Å². The van der Waals surface area contributed by atoms with Gasteiger partial charge in [-0.05, 0) is 68.0 Å². The zero-order valence-corrected chi connectivity index (χ0v) is 15.4. The molecular formula is C20H28N2OS. The molecule has 2 aromatic rings. The summed E-state index contributed by atoms with van der Waals surface area (Å²) >= 11 is 1.88. The molecule has 2 N–H and O–H groups in total. The van der Waals surface area contributed by atoms with Crippen LogP contribution in [0, 0.1) is 5.92 Å². The first-order valence-corrected chi connectivity index (χ1v) is 9.87. The van der Waals surface area contributed by atoms with Crippen LogP contribution in [0.3, 0.4) is 0 Å². The van der Waals surface area contributed by atoms with Crippen LogP contribution < -0.4 is 10.0 Å². The number of hydrogen-bond acceptors (Lipinski definition) is 4. The van der Waals surface area contributed by atoms with Gasteiger partial charge in [0.15, 0.2) is 0 Å². The lowest BCUT2D eigenvalue weighted by atomic mass is 9.86. The van der Waals surface area contributed by atoms with Crippen molar-refractivity contribution in [2.45, 2.75) is 50.8 Å². The molecule has 1 aromatic heterocycles. The average molecular weight is 345 g/mol. The number of rotatable bonds is 7. The molecule has 24 heavy (non-hydrogen) atoms. The average Bonchev–Trinajstić information content (AvgIpc) is 3.14. The van der Waals surface area contributed by atoms with E-state index >= 15 is 0 Å². The molecule has 0 amide bonds. The molecule has 0 bridgehead atoms. The van der Waals surface area contributed by atoms with E-state index in [1.54, 1.807) is 6.26 Å². The molecule has 0 radical (unpaired) electrons. The predicted octanol–water partition coefficient (Wildman–Crippen LogP) is 5.56. The predicted molar refractivity (Wildman–Crippen MR) is 104 cm³/mol. The van der Waals surface area contributed by atoms with Gasteiger partial charge in [-0.3, -0.25) is 4.72 Å². The Kier molecular flexibility index (Phi) is 6.27. The minimum atomic E-state index is 0.661. The third-order valence-electron chi connectivity index (χ3n) is 4.60. The lowest BCUT2D eigenvalue weighted by Gasteiger charge is -2.29. The smallest absolute Gasteiger partial charge is 0.133 e. The van der Waals surface area contributed by atoms with Crippen LogP contribution in [0.15, 0.2) is 47.1 Å². The Morgan fingerprint density at radius 2 is 1.83 bits per heavy atom. The van der Waals surface area contributed by atoms with Gasteiger partial charge in [-0.1, -0.05) is 25.8 Å². The van der Waals surface area contributed by atoms with Gasteiger partial charge in [-0.25, -0.2) is 0 Å². The molecule has 3 nitrogen and oxygen atoms in total. The monoisotopic (exact) mass is 344 g/mol. The molecule has 1 aliphatic rings. The summed E-state index contributed by atoms with van der Waals surface area (Å²) in [5, 5.41) is 4.26. The summed E-state index contributed by atoms with van der Waals surface area (Å²) in [5.74, 6) is 1.71. The van der Waals surface area contributed by atoms with Gasteiger partial charge in [0.1, 0.15) is 5.76 Å². The maximum atomic E-state index is 5.43. The molecule has 1 aliphatic carbocycles. The molecular weight excluding hydrogens is 316 g/mol. The van der Waals surface area contributed by atoms with E-state index in [1.807, 2.05) is 24.1 Å². The van der Waals surface area contributed by atoms with Crippen LogP contribution in [-0.4, -0.2) is 17.8 Å². The summed E-state index contributed by atoms with van der Waals surface area (Å²) < 4.78 is 9.05. The molecule has 1 fully saturated rings. The highest BCUT2D eigenvalue weighted by molar-refractivity contribution is 7.98. The van der Waals surface area contributed by atoms with E-state index in [0.717, 1.165) is 23.8 Å². The Morgan fingerprint density at radius 1 is 1.08 bits per heavy atom. The largest absolute Gasteiger partial charge is 0.464 e. The van der Waals surface area contributed by atoms with Gasteiger partial charge in [0.2, 0.25) is 0 Å². The molecule has 0 saturated heterocycles. The fraction of sp³-hybridized carbons (Fsp3) is 0.500. The SMILES string of the molecule is CC(C)SNC1CCC(CNc2ccc(-c3ccco3)cc2)CC1. The highest BCUT2D eigenvalue weighted by atomic mass is 32.2. The maximum absolute atomic E-state index is 5.43. The van der Waals surface area contributed by atoms with E-state index in [4.69, 9.17) is 4.42 Å². The van der Waals surface area contributed by atoms with Gasteiger partial charge in [0.05, 0.1) is 6.26 Å². The summed E-state index contributed by atoms with van der Waals surface area (Å²) in [4.78, 5) is 0. The summed E-state index contributed by atoms with van der Waals surface area (Å²) in [6.45, 7) is 5.55. The second-order valence-electron chi connectivity index (χ2n) is 6.94. The Balaban J connectivity index is 1.40. The first-order valence-electron chi connectivity index (χ1n) is 8.99. The van der Waals surface area contributed by atoms with Gasteiger partial charge < -0.3 is 9.73 Å². The summed E-state index contributed by atoms with van der Waals surface area (Å²) in [6.07, 6.45) is 6.93. The van der Waals surface area contributed by atoms with Crippen LogP contribution in [0.4, 0.5) is 5.69 Å². The second kappa shape index (κ2) is 8.63. The van der Waals surface area contributed by atoms with Gasteiger partial charge in [-0.15, -0.1) is 0 Å². The molecule has 0 spiro atoms. The molecule has 3 rings (SSSR count). The van der Waals surface area contributed by atoms with Crippen LogP contribution in [0.25, 0.3) is 11.3 Å². The molecule has 130 valence electrons. The van der Waals surface area contributed by atoms with E-state index in [0.29, 0.717) is 11.3 Å². The zero-order valence-electron chi connectivity index (χ0n) is 14.6. The molecule has 0 aliphatic heterocycles. The fourth-order valence-corrected chi connectivity index (χ4v) is 3.87. The van der Waals surface area contributed by atoms with E-state index < -0.39 is 0 Å². The number of nitrogens with one attached hydrogen (secondary N) is 2. The minimum Gasteiger partial charge on any atom is -0.464 e. The lowest BCUT2D eigenvalue weighted by molar-refractivity contribution is 0.328. The highest BCUT2D eigenvalue weighted by Gasteiger charge is 2.21. The zero-order chi connectivity index (χ0) is 16.8. The van der Waals surface area contributed by atoms with Crippen molar-refractivity contribution in [3.8, 4) is 11.3 Å². The summed E-state index contributed by atoms with van der Waals surface area (Å²) in [6, 6.07) is 13.1. The Hall–Kier alpha value is -1.39. The van der Waals surface area contributed by atoms with Gasteiger partial charge >= 0.3 is 0 Å². The van der Waals surface area contributed by atoms with Crippen molar-refractivity contribution in [2.75, 3.05) is 11.9 Å². The van der Waals surface area contributed by atoms with Crippen LogP contribution >= 0.6 is 11.9 Å². The topological polar surface area (TPSA) is 37.2 Å². The number of furan rings is 1. The van der Waals surface area contributed by atoms with E-state index in [2.05, 4.69) is 48.2 Å². The van der Waals surface area contributed by atoms with Gasteiger partial charge in [-0.2, -0.15) is 0 Å². The molecule has 4 heteroatoms. The van der Waals surface area contributed by atoms with Crippen LogP contribution in [0.1, 0.15) is 39.5 Å².